The first-order valence-corrected chi connectivity index (χ1v) is 13.0. The van der Waals surface area contributed by atoms with Crippen LogP contribution >= 0.6 is 0 Å². The summed E-state index contributed by atoms with van der Waals surface area (Å²) in [7, 11) is -3.12. The number of hydrogen-bond acceptors (Lipinski definition) is 4. The second kappa shape index (κ2) is 8.42. The highest BCUT2D eigenvalue weighted by Crippen LogP contribution is 2.34. The smallest absolute Gasteiger partial charge is 0.155 e. The number of Topliss-reactive ketones (excluding diaryl/α,β-unsaturated/α-hetero) is 1. The lowest BCUT2D eigenvalue weighted by Gasteiger charge is -2.31. The molecule has 1 fully saturated rings. The average molecular weight is 441 g/mol. The van der Waals surface area contributed by atoms with Crippen LogP contribution in [-0.4, -0.2) is 24.7 Å². The van der Waals surface area contributed by atoms with Crippen molar-refractivity contribution in [3.05, 3.63) is 48.0 Å². The van der Waals surface area contributed by atoms with Crippen molar-refractivity contribution < 1.29 is 17.6 Å². The lowest BCUT2D eigenvalue weighted by molar-refractivity contribution is -0.123. The van der Waals surface area contributed by atoms with Gasteiger partial charge in [-0.15, -0.1) is 0 Å². The Hall–Kier alpha value is -2.14. The molecule has 166 valence electrons. The Morgan fingerprint density at radius 3 is 2.39 bits per heavy atom. The zero-order chi connectivity index (χ0) is 22.2. The Kier molecular flexibility index (Phi) is 5.99. The fourth-order valence-electron chi connectivity index (χ4n) is 4.64. The first-order valence-electron chi connectivity index (χ1n) is 11.4. The van der Waals surface area contributed by atoms with E-state index in [-0.39, 0.29) is 23.4 Å². The number of hydrogen-bond donors (Lipinski definition) is 0. The molecular weight excluding hydrogens is 408 g/mol. The van der Waals surface area contributed by atoms with Gasteiger partial charge in [-0.25, -0.2) is 8.42 Å². The minimum atomic E-state index is -3.12. The van der Waals surface area contributed by atoms with Gasteiger partial charge in [0.25, 0.3) is 0 Å². The molecule has 31 heavy (non-hydrogen) atoms. The quantitative estimate of drug-likeness (QED) is 0.445. The van der Waals surface area contributed by atoms with Gasteiger partial charge in [0.05, 0.1) is 10.5 Å². The van der Waals surface area contributed by atoms with Crippen LogP contribution in [0.4, 0.5) is 0 Å². The minimum absolute atomic E-state index is 0.0370. The zero-order valence-electron chi connectivity index (χ0n) is 18.7. The third-order valence-corrected chi connectivity index (χ3v) is 10.2. The Labute approximate surface area is 184 Å². The molecule has 1 heterocycles. The number of para-hydroxylation sites is 1. The maximum Gasteiger partial charge on any atom is 0.155 e. The molecule has 1 aliphatic carbocycles. The number of ketones is 1. The van der Waals surface area contributed by atoms with E-state index < -0.39 is 14.6 Å². The van der Waals surface area contributed by atoms with Crippen LogP contribution in [0.25, 0.3) is 21.9 Å². The Bertz CT molecular complexity index is 1190. The molecule has 0 saturated heterocycles. The number of rotatable bonds is 7. The van der Waals surface area contributed by atoms with E-state index in [1.165, 1.54) is 0 Å². The van der Waals surface area contributed by atoms with Gasteiger partial charge in [-0.05, 0) is 75.6 Å². The van der Waals surface area contributed by atoms with Crippen LogP contribution in [0.5, 0.6) is 0 Å². The third kappa shape index (κ3) is 4.43. The monoisotopic (exact) mass is 440 g/mol. The summed E-state index contributed by atoms with van der Waals surface area (Å²) < 4.78 is 30.6. The third-order valence-electron chi connectivity index (χ3n) is 7.27. The number of carbonyl (C=O) groups is 1. The van der Waals surface area contributed by atoms with Crippen LogP contribution in [0.2, 0.25) is 0 Å². The van der Waals surface area contributed by atoms with Gasteiger partial charge in [-0.3, -0.25) is 4.79 Å². The summed E-state index contributed by atoms with van der Waals surface area (Å²) in [6.45, 7) is 5.56. The first kappa shape index (κ1) is 22.1. The molecule has 0 bridgehead atoms. The van der Waals surface area contributed by atoms with Gasteiger partial charge in [0, 0.05) is 23.1 Å². The predicted octanol–water partition coefficient (Wildman–Crippen LogP) is 6.11. The number of fused-ring (bicyclic) bond motifs is 3. The largest absolute Gasteiger partial charge is 0.456 e. The van der Waals surface area contributed by atoms with E-state index in [4.69, 9.17) is 4.42 Å². The Morgan fingerprint density at radius 1 is 1.00 bits per heavy atom. The van der Waals surface area contributed by atoms with Crippen LogP contribution in [-0.2, 0) is 21.1 Å². The van der Waals surface area contributed by atoms with E-state index in [1.54, 1.807) is 0 Å². The lowest BCUT2D eigenvalue weighted by Crippen LogP contribution is -2.37. The SMILES string of the molecule is CCC(C)(C)S(=O)(=O)CC1CCC(C(=O)Cc2ccc3oc4ccccc4c3c2)CC1. The summed E-state index contributed by atoms with van der Waals surface area (Å²) in [4.78, 5) is 13.0. The standard InChI is InChI=1S/C26H32O4S/c1-4-26(2,3)31(28,29)17-18-9-12-20(13-10-18)23(27)16-19-11-14-25-22(15-19)21-7-5-6-8-24(21)30-25/h5-8,11,14-15,18,20H,4,9-10,12-13,16-17H2,1-3H3. The van der Waals surface area contributed by atoms with Gasteiger partial charge >= 0.3 is 0 Å². The Morgan fingerprint density at radius 2 is 1.68 bits per heavy atom. The first-order chi connectivity index (χ1) is 14.7. The molecule has 0 unspecified atom stereocenters. The molecule has 1 aliphatic rings. The second-order valence-electron chi connectivity index (χ2n) is 9.68. The molecule has 0 aliphatic heterocycles. The number of sulfone groups is 1. The molecule has 0 radical (unpaired) electrons. The van der Waals surface area contributed by atoms with Crippen LogP contribution in [0.15, 0.2) is 46.9 Å². The van der Waals surface area contributed by atoms with Crippen LogP contribution in [0.1, 0.15) is 58.4 Å². The highest BCUT2D eigenvalue weighted by molar-refractivity contribution is 7.92. The summed E-state index contributed by atoms with van der Waals surface area (Å²) >= 11 is 0. The van der Waals surface area contributed by atoms with Gasteiger partial charge in [0.15, 0.2) is 9.84 Å². The molecule has 1 aromatic heterocycles. The molecular formula is C26H32O4S. The van der Waals surface area contributed by atoms with Crippen LogP contribution < -0.4 is 0 Å². The summed E-state index contributed by atoms with van der Waals surface area (Å²) in [5.74, 6) is 0.727. The van der Waals surface area contributed by atoms with Gasteiger partial charge < -0.3 is 4.42 Å². The van der Waals surface area contributed by atoms with E-state index in [1.807, 2.05) is 57.2 Å². The number of benzene rings is 2. The van der Waals surface area contributed by atoms with Crippen LogP contribution in [0.3, 0.4) is 0 Å². The van der Waals surface area contributed by atoms with E-state index in [9.17, 15) is 13.2 Å². The highest BCUT2D eigenvalue weighted by atomic mass is 32.2. The van der Waals surface area contributed by atoms with Gasteiger partial charge in [0.1, 0.15) is 16.9 Å². The van der Waals surface area contributed by atoms with E-state index >= 15 is 0 Å². The average Bonchev–Trinajstić information content (AvgIpc) is 3.12. The van der Waals surface area contributed by atoms with Crippen molar-refractivity contribution in [3.63, 3.8) is 0 Å². The molecule has 5 heteroatoms. The number of carbonyl (C=O) groups excluding carboxylic acids is 1. The summed E-state index contributed by atoms with van der Waals surface area (Å²) in [6, 6.07) is 14.0. The molecule has 0 N–H and O–H groups in total. The van der Waals surface area contributed by atoms with Crippen molar-refractivity contribution in [3.8, 4) is 0 Å². The van der Waals surface area contributed by atoms with E-state index in [2.05, 4.69) is 6.07 Å². The molecule has 3 aromatic rings. The molecule has 1 saturated carbocycles. The van der Waals surface area contributed by atoms with Crippen molar-refractivity contribution >= 4 is 37.6 Å². The fraction of sp³-hybridized carbons (Fsp3) is 0.500. The van der Waals surface area contributed by atoms with Crippen molar-refractivity contribution in [2.24, 2.45) is 11.8 Å². The molecule has 0 spiro atoms. The molecule has 0 amide bonds. The number of furan rings is 1. The van der Waals surface area contributed by atoms with Gasteiger partial charge in [-0.2, -0.15) is 0 Å². The minimum Gasteiger partial charge on any atom is -0.456 e. The highest BCUT2D eigenvalue weighted by Gasteiger charge is 2.36. The summed E-state index contributed by atoms with van der Waals surface area (Å²) in [6.07, 6.45) is 4.28. The van der Waals surface area contributed by atoms with Crippen molar-refractivity contribution in [2.45, 2.75) is 64.0 Å². The summed E-state index contributed by atoms with van der Waals surface area (Å²) in [5, 5.41) is 2.12. The molecule has 4 nitrogen and oxygen atoms in total. The maximum absolute atomic E-state index is 13.0. The molecule has 2 aromatic carbocycles. The predicted molar refractivity (Wildman–Crippen MR) is 126 cm³/mol. The molecule has 4 rings (SSSR count). The topological polar surface area (TPSA) is 64.3 Å². The summed E-state index contributed by atoms with van der Waals surface area (Å²) in [5.41, 5.74) is 2.72. The zero-order valence-corrected chi connectivity index (χ0v) is 19.5. The van der Waals surface area contributed by atoms with E-state index in [0.29, 0.717) is 12.8 Å². The van der Waals surface area contributed by atoms with Crippen LogP contribution in [0, 0.1) is 11.8 Å². The maximum atomic E-state index is 13.0. The van der Waals surface area contributed by atoms with E-state index in [0.717, 1.165) is 53.2 Å². The van der Waals surface area contributed by atoms with Gasteiger partial charge in [0.2, 0.25) is 0 Å². The van der Waals surface area contributed by atoms with Crippen molar-refractivity contribution in [1.82, 2.24) is 0 Å². The molecule has 0 atom stereocenters. The normalized spacial score (nSPS) is 20.4. The second-order valence-corrected chi connectivity index (χ2v) is 12.4. The van der Waals surface area contributed by atoms with Gasteiger partial charge in [-0.1, -0.05) is 31.2 Å². The van der Waals surface area contributed by atoms with Crippen molar-refractivity contribution in [2.75, 3.05) is 5.75 Å². The van der Waals surface area contributed by atoms with Crippen molar-refractivity contribution in [1.29, 1.82) is 0 Å². The Balaban J connectivity index is 1.39. The fourth-order valence-corrected chi connectivity index (χ4v) is 6.48. The lowest BCUT2D eigenvalue weighted by atomic mass is 9.79.